The van der Waals surface area contributed by atoms with Gasteiger partial charge in [-0.05, 0) is 55.7 Å². The molecule has 4 heteroatoms. The van der Waals surface area contributed by atoms with Crippen molar-refractivity contribution in [2.24, 2.45) is 17.8 Å². The first-order valence-electron chi connectivity index (χ1n) is 5.80. The van der Waals surface area contributed by atoms with E-state index in [4.69, 9.17) is 0 Å². The summed E-state index contributed by atoms with van der Waals surface area (Å²) in [7, 11) is 0. The lowest BCUT2D eigenvalue weighted by Gasteiger charge is -2.37. The Morgan fingerprint density at radius 1 is 1.27 bits per heavy atom. The summed E-state index contributed by atoms with van der Waals surface area (Å²) in [5.41, 5.74) is 0. The van der Waals surface area contributed by atoms with Crippen LogP contribution in [0.15, 0.2) is 0 Å². The SMILES string of the molecule is O=C(O)C1CCNCC1C1CCSCC1. The second-order valence-corrected chi connectivity index (χ2v) is 5.78. The quantitative estimate of drug-likeness (QED) is 0.752. The molecule has 2 rings (SSSR count). The maximum Gasteiger partial charge on any atom is 0.306 e. The van der Waals surface area contributed by atoms with Crippen molar-refractivity contribution >= 4 is 17.7 Å². The van der Waals surface area contributed by atoms with Crippen molar-refractivity contribution in [3.05, 3.63) is 0 Å². The monoisotopic (exact) mass is 229 g/mol. The van der Waals surface area contributed by atoms with Gasteiger partial charge in [0, 0.05) is 0 Å². The number of carbonyl (C=O) groups is 1. The number of carboxylic acid groups (broad SMARTS) is 1. The number of aliphatic carboxylic acids is 1. The van der Waals surface area contributed by atoms with Gasteiger partial charge in [-0.15, -0.1) is 0 Å². The van der Waals surface area contributed by atoms with Crippen molar-refractivity contribution in [1.29, 1.82) is 0 Å². The summed E-state index contributed by atoms with van der Waals surface area (Å²) in [4.78, 5) is 11.2. The summed E-state index contributed by atoms with van der Waals surface area (Å²) in [6, 6.07) is 0. The molecule has 3 nitrogen and oxygen atoms in total. The molecule has 2 atom stereocenters. The van der Waals surface area contributed by atoms with Gasteiger partial charge in [0.15, 0.2) is 0 Å². The minimum atomic E-state index is -0.584. The average molecular weight is 229 g/mol. The lowest BCUT2D eigenvalue weighted by atomic mass is 9.75. The Hall–Kier alpha value is -0.220. The number of rotatable bonds is 2. The molecule has 0 saturated carbocycles. The Kier molecular flexibility index (Phi) is 3.92. The number of piperidine rings is 1. The van der Waals surface area contributed by atoms with Crippen molar-refractivity contribution in [2.75, 3.05) is 24.6 Å². The summed E-state index contributed by atoms with van der Waals surface area (Å²) in [6.07, 6.45) is 3.23. The van der Waals surface area contributed by atoms with Gasteiger partial charge in [-0.2, -0.15) is 11.8 Å². The van der Waals surface area contributed by atoms with Gasteiger partial charge in [0.2, 0.25) is 0 Å². The summed E-state index contributed by atoms with van der Waals surface area (Å²) in [6.45, 7) is 1.78. The second-order valence-electron chi connectivity index (χ2n) is 4.55. The van der Waals surface area contributed by atoms with Crippen molar-refractivity contribution in [3.8, 4) is 0 Å². The molecule has 2 N–H and O–H groups in total. The second kappa shape index (κ2) is 5.21. The molecule has 0 aromatic carbocycles. The van der Waals surface area contributed by atoms with Gasteiger partial charge in [-0.1, -0.05) is 0 Å². The highest BCUT2D eigenvalue weighted by atomic mass is 32.2. The fourth-order valence-electron chi connectivity index (χ4n) is 2.83. The van der Waals surface area contributed by atoms with Crippen LogP contribution in [-0.4, -0.2) is 35.7 Å². The highest BCUT2D eigenvalue weighted by Gasteiger charge is 2.36. The molecule has 2 unspecified atom stereocenters. The Morgan fingerprint density at radius 2 is 2.00 bits per heavy atom. The minimum Gasteiger partial charge on any atom is -0.481 e. The van der Waals surface area contributed by atoms with Gasteiger partial charge in [0.05, 0.1) is 5.92 Å². The van der Waals surface area contributed by atoms with Gasteiger partial charge < -0.3 is 10.4 Å². The molecule has 0 aromatic rings. The lowest BCUT2D eigenvalue weighted by Crippen LogP contribution is -2.44. The van der Waals surface area contributed by atoms with E-state index < -0.39 is 5.97 Å². The lowest BCUT2D eigenvalue weighted by molar-refractivity contribution is -0.145. The van der Waals surface area contributed by atoms with Gasteiger partial charge in [-0.3, -0.25) is 4.79 Å². The van der Waals surface area contributed by atoms with Crippen molar-refractivity contribution < 1.29 is 9.90 Å². The highest BCUT2D eigenvalue weighted by molar-refractivity contribution is 7.99. The largest absolute Gasteiger partial charge is 0.481 e. The van der Waals surface area contributed by atoms with E-state index in [-0.39, 0.29) is 5.92 Å². The van der Waals surface area contributed by atoms with Gasteiger partial charge in [0.25, 0.3) is 0 Å². The molecule has 0 spiro atoms. The van der Waals surface area contributed by atoms with Crippen molar-refractivity contribution in [1.82, 2.24) is 5.32 Å². The molecule has 0 amide bonds. The normalized spacial score (nSPS) is 33.9. The number of thioether (sulfide) groups is 1. The fourth-order valence-corrected chi connectivity index (χ4v) is 3.97. The maximum atomic E-state index is 11.2. The van der Waals surface area contributed by atoms with E-state index in [1.807, 2.05) is 11.8 Å². The maximum absolute atomic E-state index is 11.2. The predicted molar refractivity (Wildman–Crippen MR) is 62.2 cm³/mol. The van der Waals surface area contributed by atoms with E-state index >= 15 is 0 Å². The Morgan fingerprint density at radius 3 is 2.67 bits per heavy atom. The van der Waals surface area contributed by atoms with E-state index in [9.17, 15) is 9.90 Å². The third-order valence-electron chi connectivity index (χ3n) is 3.72. The Labute approximate surface area is 95.0 Å². The summed E-state index contributed by atoms with van der Waals surface area (Å²) in [5, 5.41) is 12.6. The van der Waals surface area contributed by atoms with Crippen LogP contribution in [0.5, 0.6) is 0 Å². The van der Waals surface area contributed by atoms with Crippen LogP contribution in [0.3, 0.4) is 0 Å². The highest BCUT2D eigenvalue weighted by Crippen LogP contribution is 2.35. The zero-order valence-corrected chi connectivity index (χ0v) is 9.76. The smallest absolute Gasteiger partial charge is 0.306 e. The van der Waals surface area contributed by atoms with E-state index in [2.05, 4.69) is 5.32 Å². The third kappa shape index (κ3) is 2.67. The summed E-state index contributed by atoms with van der Waals surface area (Å²) >= 11 is 2.00. The fraction of sp³-hybridized carbons (Fsp3) is 0.909. The molecule has 0 aliphatic carbocycles. The van der Waals surface area contributed by atoms with E-state index in [0.717, 1.165) is 19.5 Å². The molecule has 2 fully saturated rings. The topological polar surface area (TPSA) is 49.3 Å². The molecule has 86 valence electrons. The van der Waals surface area contributed by atoms with E-state index in [1.165, 1.54) is 24.3 Å². The first kappa shape index (κ1) is 11.3. The van der Waals surface area contributed by atoms with Crippen LogP contribution in [0.2, 0.25) is 0 Å². The Balaban J connectivity index is 1.99. The number of hydrogen-bond donors (Lipinski definition) is 2. The van der Waals surface area contributed by atoms with Crippen LogP contribution in [0.25, 0.3) is 0 Å². The number of carboxylic acids is 1. The molecular formula is C11H19NO2S. The molecule has 0 aromatic heterocycles. The molecule has 2 saturated heterocycles. The van der Waals surface area contributed by atoms with Crippen LogP contribution in [0.1, 0.15) is 19.3 Å². The standard InChI is InChI=1S/C11H19NO2S/c13-11(14)9-1-4-12-7-10(9)8-2-5-15-6-3-8/h8-10,12H,1-7H2,(H,13,14). The molecule has 0 bridgehead atoms. The number of hydrogen-bond acceptors (Lipinski definition) is 3. The first-order valence-corrected chi connectivity index (χ1v) is 6.96. The zero-order chi connectivity index (χ0) is 10.7. The Bertz CT molecular complexity index is 229. The minimum absolute atomic E-state index is 0.0978. The molecule has 2 aliphatic rings. The van der Waals surface area contributed by atoms with Gasteiger partial charge in [-0.25, -0.2) is 0 Å². The molecule has 15 heavy (non-hydrogen) atoms. The molecule has 2 heterocycles. The van der Waals surface area contributed by atoms with Crippen LogP contribution in [0, 0.1) is 17.8 Å². The van der Waals surface area contributed by atoms with Gasteiger partial charge >= 0.3 is 5.97 Å². The van der Waals surface area contributed by atoms with Crippen molar-refractivity contribution in [2.45, 2.75) is 19.3 Å². The summed E-state index contributed by atoms with van der Waals surface area (Å²) < 4.78 is 0. The first-order chi connectivity index (χ1) is 7.29. The van der Waals surface area contributed by atoms with Gasteiger partial charge in [0.1, 0.15) is 0 Å². The van der Waals surface area contributed by atoms with E-state index in [0.29, 0.717) is 11.8 Å². The average Bonchev–Trinajstić information content (AvgIpc) is 2.30. The number of nitrogens with one attached hydrogen (secondary N) is 1. The van der Waals surface area contributed by atoms with Crippen molar-refractivity contribution in [3.63, 3.8) is 0 Å². The third-order valence-corrected chi connectivity index (χ3v) is 4.77. The van der Waals surface area contributed by atoms with E-state index in [1.54, 1.807) is 0 Å². The zero-order valence-electron chi connectivity index (χ0n) is 8.95. The van der Waals surface area contributed by atoms with Crippen LogP contribution in [0.4, 0.5) is 0 Å². The molecule has 2 aliphatic heterocycles. The predicted octanol–water partition coefficient (Wildman–Crippen LogP) is 1.44. The molecule has 0 radical (unpaired) electrons. The molecular weight excluding hydrogens is 210 g/mol. The summed E-state index contributed by atoms with van der Waals surface area (Å²) in [5.74, 6) is 2.76. The van der Waals surface area contributed by atoms with Crippen LogP contribution >= 0.6 is 11.8 Å². The van der Waals surface area contributed by atoms with Crippen LogP contribution in [-0.2, 0) is 4.79 Å². The van der Waals surface area contributed by atoms with Crippen LogP contribution < -0.4 is 5.32 Å².